The fourth-order valence-corrected chi connectivity index (χ4v) is 3.95. The van der Waals surface area contributed by atoms with E-state index in [1.807, 2.05) is 36.4 Å². The molecule has 1 amide bonds. The number of carbonyl (C=O) groups is 1. The van der Waals surface area contributed by atoms with Gasteiger partial charge in [0, 0.05) is 19.7 Å². The van der Waals surface area contributed by atoms with Crippen LogP contribution >= 0.6 is 23.2 Å². The maximum atomic E-state index is 11.7. The van der Waals surface area contributed by atoms with E-state index in [2.05, 4.69) is 15.2 Å². The molecule has 6 heteroatoms. The molecule has 4 nitrogen and oxygen atoms in total. The van der Waals surface area contributed by atoms with Gasteiger partial charge in [0.15, 0.2) is 0 Å². The Hall–Kier alpha value is -1.62. The Morgan fingerprint density at radius 3 is 2.65 bits per heavy atom. The molecule has 0 unspecified atom stereocenters. The van der Waals surface area contributed by atoms with Crippen molar-refractivity contribution < 1.29 is 4.79 Å². The van der Waals surface area contributed by atoms with Crippen molar-refractivity contribution in [2.45, 2.75) is 32.4 Å². The van der Waals surface area contributed by atoms with Crippen molar-refractivity contribution in [3.8, 4) is 0 Å². The van der Waals surface area contributed by atoms with Gasteiger partial charge in [0.25, 0.3) is 0 Å². The molecular weight excluding hydrogens is 369 g/mol. The minimum atomic E-state index is -0.0365. The van der Waals surface area contributed by atoms with Crippen LogP contribution in [0.1, 0.15) is 37.1 Å². The third kappa shape index (κ3) is 4.76. The van der Waals surface area contributed by atoms with E-state index in [1.165, 1.54) is 0 Å². The van der Waals surface area contributed by atoms with Gasteiger partial charge in [0.2, 0.25) is 5.91 Å². The molecule has 2 heterocycles. The summed E-state index contributed by atoms with van der Waals surface area (Å²) < 4.78 is 0. The zero-order valence-corrected chi connectivity index (χ0v) is 16.3. The van der Waals surface area contributed by atoms with Gasteiger partial charge in [-0.25, -0.2) is 0 Å². The van der Waals surface area contributed by atoms with Crippen LogP contribution in [0.2, 0.25) is 10.0 Å². The van der Waals surface area contributed by atoms with Crippen molar-refractivity contribution in [3.05, 3.63) is 63.9 Å². The van der Waals surface area contributed by atoms with Gasteiger partial charge in [-0.3, -0.25) is 14.7 Å². The minimum Gasteiger partial charge on any atom is -0.348 e. The lowest BCUT2D eigenvalue weighted by Crippen LogP contribution is -2.40. The number of pyridine rings is 1. The molecule has 1 aliphatic heterocycles. The van der Waals surface area contributed by atoms with E-state index < -0.39 is 0 Å². The van der Waals surface area contributed by atoms with Crippen molar-refractivity contribution in [2.24, 2.45) is 5.92 Å². The highest BCUT2D eigenvalue weighted by Crippen LogP contribution is 2.32. The fraction of sp³-hybridized carbons (Fsp3) is 0.400. The summed E-state index contributed by atoms with van der Waals surface area (Å²) >= 11 is 12.4. The number of rotatable bonds is 5. The molecule has 0 saturated carbocycles. The number of aromatic nitrogens is 1. The van der Waals surface area contributed by atoms with E-state index in [-0.39, 0.29) is 11.9 Å². The Bertz CT molecular complexity index is 746. The Kier molecular flexibility index (Phi) is 6.52. The molecule has 0 aliphatic carbocycles. The standard InChI is InChI=1S/C20H23Cl2N3O/c1-14(26)24-20(18-7-2-3-10-23-18)15-8-11-25(12-9-15)13-16-5-4-6-17(21)19(16)22/h2-7,10,15,20H,8-9,11-13H2,1H3,(H,24,26)/t20-/m0/s1. The monoisotopic (exact) mass is 391 g/mol. The molecule has 0 bridgehead atoms. The minimum absolute atomic E-state index is 0.0196. The highest BCUT2D eigenvalue weighted by Gasteiger charge is 2.29. The first kappa shape index (κ1) is 19.2. The average Bonchev–Trinajstić information content (AvgIpc) is 2.65. The second-order valence-corrected chi connectivity index (χ2v) is 7.54. The Morgan fingerprint density at radius 2 is 2.00 bits per heavy atom. The highest BCUT2D eigenvalue weighted by atomic mass is 35.5. The topological polar surface area (TPSA) is 45.2 Å². The van der Waals surface area contributed by atoms with Gasteiger partial charge in [-0.15, -0.1) is 0 Å². The Labute approximate surface area is 164 Å². The summed E-state index contributed by atoms with van der Waals surface area (Å²) in [6.07, 6.45) is 3.78. The number of nitrogens with zero attached hydrogens (tertiary/aromatic N) is 2. The van der Waals surface area contributed by atoms with Crippen LogP contribution in [0.3, 0.4) is 0 Å². The number of benzene rings is 1. The number of hydrogen-bond donors (Lipinski definition) is 1. The number of hydrogen-bond acceptors (Lipinski definition) is 3. The number of likely N-dealkylation sites (tertiary alicyclic amines) is 1. The number of amides is 1. The first-order valence-electron chi connectivity index (χ1n) is 8.88. The normalized spacial score (nSPS) is 17.0. The molecule has 138 valence electrons. The van der Waals surface area contributed by atoms with Crippen LogP contribution in [0.25, 0.3) is 0 Å². The molecule has 26 heavy (non-hydrogen) atoms. The molecule has 2 aromatic rings. The third-order valence-corrected chi connectivity index (χ3v) is 5.75. The van der Waals surface area contributed by atoms with Crippen molar-refractivity contribution >= 4 is 29.1 Å². The smallest absolute Gasteiger partial charge is 0.217 e. The molecule has 1 aliphatic rings. The largest absolute Gasteiger partial charge is 0.348 e. The summed E-state index contributed by atoms with van der Waals surface area (Å²) in [6, 6.07) is 11.6. The summed E-state index contributed by atoms with van der Waals surface area (Å²) in [7, 11) is 0. The number of halogens is 2. The van der Waals surface area contributed by atoms with E-state index >= 15 is 0 Å². The van der Waals surface area contributed by atoms with Crippen LogP contribution in [-0.2, 0) is 11.3 Å². The van der Waals surface area contributed by atoms with Crippen molar-refractivity contribution in [1.82, 2.24) is 15.2 Å². The van der Waals surface area contributed by atoms with Gasteiger partial charge in [-0.1, -0.05) is 41.4 Å². The van der Waals surface area contributed by atoms with E-state index in [4.69, 9.17) is 23.2 Å². The summed E-state index contributed by atoms with van der Waals surface area (Å²) in [5, 5.41) is 4.33. The lowest BCUT2D eigenvalue weighted by Gasteiger charge is -2.36. The van der Waals surface area contributed by atoms with Crippen molar-refractivity contribution in [3.63, 3.8) is 0 Å². The van der Waals surface area contributed by atoms with Gasteiger partial charge in [-0.05, 0) is 55.6 Å². The zero-order valence-electron chi connectivity index (χ0n) is 14.8. The first-order valence-corrected chi connectivity index (χ1v) is 9.63. The quantitative estimate of drug-likeness (QED) is 0.816. The molecule has 1 aromatic heterocycles. The molecule has 1 aromatic carbocycles. The zero-order chi connectivity index (χ0) is 18.5. The molecule has 1 atom stereocenters. The van der Waals surface area contributed by atoms with Gasteiger partial charge < -0.3 is 5.32 Å². The summed E-state index contributed by atoms with van der Waals surface area (Å²) in [4.78, 5) is 18.5. The summed E-state index contributed by atoms with van der Waals surface area (Å²) in [5.41, 5.74) is 1.99. The SMILES string of the molecule is CC(=O)N[C@H](c1ccccn1)C1CCN(Cc2cccc(Cl)c2Cl)CC1. The van der Waals surface area contributed by atoms with Crippen LogP contribution < -0.4 is 5.32 Å². The van der Waals surface area contributed by atoms with Crippen LogP contribution in [0.4, 0.5) is 0 Å². The molecule has 0 spiro atoms. The Morgan fingerprint density at radius 1 is 1.23 bits per heavy atom. The Balaban J connectivity index is 1.64. The van der Waals surface area contributed by atoms with E-state index in [0.717, 1.165) is 43.7 Å². The van der Waals surface area contributed by atoms with Crippen LogP contribution in [0.5, 0.6) is 0 Å². The van der Waals surface area contributed by atoms with E-state index in [0.29, 0.717) is 16.0 Å². The second kappa shape index (κ2) is 8.85. The summed E-state index contributed by atoms with van der Waals surface area (Å²) in [5.74, 6) is 0.355. The summed E-state index contributed by atoms with van der Waals surface area (Å²) in [6.45, 7) is 4.26. The van der Waals surface area contributed by atoms with Crippen molar-refractivity contribution in [2.75, 3.05) is 13.1 Å². The van der Waals surface area contributed by atoms with Gasteiger partial charge in [0.1, 0.15) is 0 Å². The molecule has 1 saturated heterocycles. The molecule has 1 N–H and O–H groups in total. The molecule has 0 radical (unpaired) electrons. The van der Waals surface area contributed by atoms with E-state index in [1.54, 1.807) is 13.1 Å². The maximum Gasteiger partial charge on any atom is 0.217 e. The maximum absolute atomic E-state index is 11.7. The highest BCUT2D eigenvalue weighted by molar-refractivity contribution is 6.42. The predicted octanol–water partition coefficient (Wildman–Crippen LogP) is 4.48. The predicted molar refractivity (Wildman–Crippen MR) is 105 cm³/mol. The van der Waals surface area contributed by atoms with Crippen LogP contribution in [0.15, 0.2) is 42.6 Å². The lowest BCUT2D eigenvalue weighted by atomic mass is 9.87. The lowest BCUT2D eigenvalue weighted by molar-refractivity contribution is -0.120. The third-order valence-electron chi connectivity index (χ3n) is 4.89. The number of carbonyl (C=O) groups excluding carboxylic acids is 1. The fourth-order valence-electron chi connectivity index (χ4n) is 3.57. The molecule has 3 rings (SSSR count). The van der Waals surface area contributed by atoms with Gasteiger partial charge in [0.05, 0.1) is 21.8 Å². The first-order chi connectivity index (χ1) is 12.5. The second-order valence-electron chi connectivity index (χ2n) is 6.76. The van der Waals surface area contributed by atoms with Crippen molar-refractivity contribution in [1.29, 1.82) is 0 Å². The number of piperidine rings is 1. The van der Waals surface area contributed by atoms with E-state index in [9.17, 15) is 4.79 Å². The molecule has 1 fully saturated rings. The van der Waals surface area contributed by atoms with Crippen LogP contribution in [0, 0.1) is 5.92 Å². The van der Waals surface area contributed by atoms with Gasteiger partial charge >= 0.3 is 0 Å². The van der Waals surface area contributed by atoms with Gasteiger partial charge in [-0.2, -0.15) is 0 Å². The number of nitrogens with one attached hydrogen (secondary N) is 1. The van der Waals surface area contributed by atoms with Crippen LogP contribution in [-0.4, -0.2) is 28.9 Å². The average molecular weight is 392 g/mol. The molecular formula is C20H23Cl2N3O.